The molecule has 1 amide bonds. The number of unbranched alkanes of at least 4 members (excludes halogenated alkanes) is 1. The first-order valence-corrected chi connectivity index (χ1v) is 10.8. The van der Waals surface area contributed by atoms with E-state index in [1.807, 2.05) is 55.5 Å². The number of thiazole rings is 1. The van der Waals surface area contributed by atoms with Gasteiger partial charge in [0, 0.05) is 17.7 Å². The number of carbonyl (C=O) groups excluding carboxylic acids is 1. The van der Waals surface area contributed by atoms with Crippen LogP contribution in [0.1, 0.15) is 30.9 Å². The number of aryl methyl sites for hydroxylation is 1. The van der Waals surface area contributed by atoms with Gasteiger partial charge in [0.1, 0.15) is 4.53 Å². The fraction of sp³-hybridized carbons (Fsp3) is 0.217. The molecule has 150 valence electrons. The quantitative estimate of drug-likeness (QED) is 0.512. The maximum atomic E-state index is 13.3. The molecule has 5 rings (SSSR count). The van der Waals surface area contributed by atoms with Gasteiger partial charge >= 0.3 is 0 Å². The second-order valence-electron chi connectivity index (χ2n) is 7.38. The van der Waals surface area contributed by atoms with Crippen molar-refractivity contribution in [1.29, 1.82) is 0 Å². The van der Waals surface area contributed by atoms with Crippen molar-refractivity contribution in [2.45, 2.75) is 26.7 Å². The lowest BCUT2D eigenvalue weighted by Crippen LogP contribution is -2.33. The smallest absolute Gasteiger partial charge is 0.291 e. The summed E-state index contributed by atoms with van der Waals surface area (Å²) in [7, 11) is 0. The molecule has 0 N–H and O–H groups in total. The molecule has 1 aliphatic heterocycles. The molecule has 1 aliphatic rings. The number of aromatic nitrogens is 3. The van der Waals surface area contributed by atoms with E-state index < -0.39 is 0 Å². The Bertz CT molecular complexity index is 1400. The van der Waals surface area contributed by atoms with Gasteiger partial charge in [0.05, 0.1) is 11.3 Å². The molecule has 2 aromatic carbocycles. The summed E-state index contributed by atoms with van der Waals surface area (Å²) in [6, 6.07) is 15.5. The van der Waals surface area contributed by atoms with Crippen LogP contribution in [0.5, 0.6) is 0 Å². The van der Waals surface area contributed by atoms with Crippen LogP contribution in [-0.2, 0) is 4.79 Å². The SMILES string of the molecule is CCCCN1C(=O)C(=c2sc3nc(-c4ccccc4C)nn3c2=O)c2ccccc21. The van der Waals surface area contributed by atoms with E-state index in [0.717, 1.165) is 35.2 Å². The largest absolute Gasteiger partial charge is 0.308 e. The van der Waals surface area contributed by atoms with Gasteiger partial charge in [0.15, 0.2) is 5.82 Å². The van der Waals surface area contributed by atoms with Crippen molar-refractivity contribution in [1.82, 2.24) is 14.6 Å². The second-order valence-corrected chi connectivity index (χ2v) is 8.36. The molecule has 0 fully saturated rings. The number of carbonyl (C=O) groups is 1. The van der Waals surface area contributed by atoms with Crippen LogP contribution < -0.4 is 15.0 Å². The molecule has 0 unspecified atom stereocenters. The van der Waals surface area contributed by atoms with Crippen LogP contribution >= 0.6 is 11.3 Å². The Labute approximate surface area is 177 Å². The summed E-state index contributed by atoms with van der Waals surface area (Å²) in [6.45, 7) is 4.73. The van der Waals surface area contributed by atoms with E-state index in [-0.39, 0.29) is 11.5 Å². The van der Waals surface area contributed by atoms with E-state index >= 15 is 0 Å². The van der Waals surface area contributed by atoms with Crippen LogP contribution in [0.4, 0.5) is 5.69 Å². The highest BCUT2D eigenvalue weighted by atomic mass is 32.1. The molecule has 0 aliphatic carbocycles. The van der Waals surface area contributed by atoms with Crippen molar-refractivity contribution in [2.75, 3.05) is 11.4 Å². The molecule has 0 spiro atoms. The topological polar surface area (TPSA) is 67.6 Å². The number of amides is 1. The molecule has 0 saturated carbocycles. The van der Waals surface area contributed by atoms with Crippen molar-refractivity contribution in [2.24, 2.45) is 0 Å². The summed E-state index contributed by atoms with van der Waals surface area (Å²) in [5.74, 6) is 0.404. The van der Waals surface area contributed by atoms with Gasteiger partial charge in [-0.15, -0.1) is 5.10 Å². The molecule has 30 heavy (non-hydrogen) atoms. The van der Waals surface area contributed by atoms with Gasteiger partial charge in [-0.1, -0.05) is 67.1 Å². The van der Waals surface area contributed by atoms with Crippen LogP contribution in [0, 0.1) is 6.92 Å². The molecule has 6 nitrogen and oxygen atoms in total. The van der Waals surface area contributed by atoms with Gasteiger partial charge < -0.3 is 4.90 Å². The van der Waals surface area contributed by atoms with Gasteiger partial charge in [-0.05, 0) is 25.0 Å². The van der Waals surface area contributed by atoms with Crippen LogP contribution in [0.25, 0.3) is 21.9 Å². The van der Waals surface area contributed by atoms with E-state index in [4.69, 9.17) is 0 Å². The van der Waals surface area contributed by atoms with Crippen LogP contribution in [0.3, 0.4) is 0 Å². The van der Waals surface area contributed by atoms with Crippen molar-refractivity contribution in [3.8, 4) is 11.4 Å². The van der Waals surface area contributed by atoms with Crippen molar-refractivity contribution >= 4 is 33.5 Å². The van der Waals surface area contributed by atoms with Crippen molar-refractivity contribution in [3.63, 3.8) is 0 Å². The lowest BCUT2D eigenvalue weighted by molar-refractivity contribution is -0.113. The summed E-state index contributed by atoms with van der Waals surface area (Å²) >= 11 is 1.23. The predicted molar refractivity (Wildman–Crippen MR) is 119 cm³/mol. The number of benzene rings is 2. The Balaban J connectivity index is 1.70. The first-order valence-electron chi connectivity index (χ1n) is 10.0. The monoisotopic (exact) mass is 416 g/mol. The lowest BCUT2D eigenvalue weighted by atomic mass is 10.1. The lowest BCUT2D eigenvalue weighted by Gasteiger charge is -2.16. The fourth-order valence-corrected chi connectivity index (χ4v) is 4.86. The summed E-state index contributed by atoms with van der Waals surface area (Å²) in [5, 5.41) is 4.45. The van der Waals surface area contributed by atoms with E-state index in [1.165, 1.54) is 15.9 Å². The zero-order chi connectivity index (χ0) is 20.8. The molecule has 0 radical (unpaired) electrons. The number of anilines is 1. The standard InChI is InChI=1S/C23H20N4O2S/c1-3-4-13-26-17-12-8-7-11-16(17)18(21(26)28)19-22(29)27-23(30-19)24-20(25-27)15-10-6-5-9-14(15)2/h5-12H,3-4,13H2,1-2H3. The molecule has 0 atom stereocenters. The van der Waals surface area contributed by atoms with E-state index in [9.17, 15) is 9.59 Å². The molecule has 0 bridgehead atoms. The molecule has 3 heterocycles. The maximum absolute atomic E-state index is 13.3. The summed E-state index contributed by atoms with van der Waals surface area (Å²) in [6.07, 6.45) is 1.90. The third kappa shape index (κ3) is 2.77. The van der Waals surface area contributed by atoms with Gasteiger partial charge in [-0.3, -0.25) is 9.59 Å². The highest BCUT2D eigenvalue weighted by Gasteiger charge is 2.33. The van der Waals surface area contributed by atoms with Gasteiger partial charge in [-0.25, -0.2) is 0 Å². The Morgan fingerprint density at radius 2 is 1.73 bits per heavy atom. The van der Waals surface area contributed by atoms with Crippen LogP contribution in [0.2, 0.25) is 0 Å². The summed E-state index contributed by atoms with van der Waals surface area (Å²) in [4.78, 5) is 33.3. The summed E-state index contributed by atoms with van der Waals surface area (Å²) < 4.78 is 1.72. The van der Waals surface area contributed by atoms with Crippen LogP contribution in [0.15, 0.2) is 53.3 Å². The minimum absolute atomic E-state index is 0.120. The van der Waals surface area contributed by atoms with Gasteiger partial charge in [0.25, 0.3) is 11.5 Å². The molecular formula is C23H20N4O2S. The average molecular weight is 417 g/mol. The van der Waals surface area contributed by atoms with Crippen molar-refractivity contribution < 1.29 is 4.79 Å². The molecule has 0 saturated heterocycles. The Morgan fingerprint density at radius 3 is 2.47 bits per heavy atom. The first-order chi connectivity index (χ1) is 14.6. The minimum atomic E-state index is -0.294. The molecule has 2 aromatic heterocycles. The normalized spacial score (nSPS) is 15.3. The first kappa shape index (κ1) is 18.7. The van der Waals surface area contributed by atoms with Gasteiger partial charge in [-0.2, -0.15) is 9.50 Å². The molecule has 4 aromatic rings. The number of rotatable bonds is 4. The number of hydrogen-bond donors (Lipinski definition) is 0. The highest BCUT2D eigenvalue weighted by molar-refractivity contribution is 7.15. The van der Waals surface area contributed by atoms with Crippen LogP contribution in [-0.4, -0.2) is 27.0 Å². The average Bonchev–Trinajstić information content (AvgIpc) is 3.37. The number of nitrogens with zero attached hydrogens (tertiary/aromatic N) is 4. The molecular weight excluding hydrogens is 396 g/mol. The van der Waals surface area contributed by atoms with E-state index in [1.54, 1.807) is 4.90 Å². The Morgan fingerprint density at radius 1 is 1.00 bits per heavy atom. The Kier molecular flexibility index (Phi) is 4.47. The summed E-state index contributed by atoms with van der Waals surface area (Å²) in [5.41, 5.74) is 3.78. The van der Waals surface area contributed by atoms with Crippen molar-refractivity contribution in [3.05, 3.63) is 74.5 Å². The number of hydrogen-bond acceptors (Lipinski definition) is 5. The predicted octanol–water partition coefficient (Wildman–Crippen LogP) is 3.19. The van der Waals surface area contributed by atoms with E-state index in [0.29, 0.717) is 27.4 Å². The minimum Gasteiger partial charge on any atom is -0.308 e. The van der Waals surface area contributed by atoms with Gasteiger partial charge in [0.2, 0.25) is 4.96 Å². The highest BCUT2D eigenvalue weighted by Crippen LogP contribution is 2.35. The number of fused-ring (bicyclic) bond motifs is 2. The molecule has 7 heteroatoms. The third-order valence-corrected chi connectivity index (χ3v) is 6.46. The third-order valence-electron chi connectivity index (χ3n) is 5.43. The van der Waals surface area contributed by atoms with E-state index in [2.05, 4.69) is 17.0 Å². The number of para-hydroxylation sites is 1. The zero-order valence-corrected chi connectivity index (χ0v) is 17.6. The fourth-order valence-electron chi connectivity index (χ4n) is 3.86. The Hall–Kier alpha value is -3.32. The zero-order valence-electron chi connectivity index (χ0n) is 16.8. The second kappa shape index (κ2) is 7.18. The maximum Gasteiger partial charge on any atom is 0.291 e.